The molecule has 0 aliphatic carbocycles. The zero-order valence-corrected chi connectivity index (χ0v) is 15.8. The molecule has 4 nitrogen and oxygen atoms in total. The van der Waals surface area contributed by atoms with E-state index in [1.807, 2.05) is 70.2 Å². The van der Waals surface area contributed by atoms with Gasteiger partial charge in [0.1, 0.15) is 12.3 Å². The van der Waals surface area contributed by atoms with Gasteiger partial charge in [-0.05, 0) is 62.9 Å². The molecule has 1 heterocycles. The molecule has 1 aromatic heterocycles. The Kier molecular flexibility index (Phi) is 5.31. The predicted octanol–water partition coefficient (Wildman–Crippen LogP) is 4.61. The third kappa shape index (κ3) is 4.07. The van der Waals surface area contributed by atoms with Crippen LogP contribution in [0, 0.1) is 6.92 Å². The maximum absolute atomic E-state index is 12.6. The van der Waals surface area contributed by atoms with Gasteiger partial charge in [0.2, 0.25) is 5.91 Å². The molecule has 3 aromatic rings. The molecule has 1 N–H and O–H groups in total. The van der Waals surface area contributed by atoms with Crippen molar-refractivity contribution in [2.45, 2.75) is 46.4 Å². The molecule has 0 aliphatic rings. The molecule has 2 aromatic carbocycles. The number of rotatable bonds is 6. The van der Waals surface area contributed by atoms with Crippen molar-refractivity contribution in [3.05, 3.63) is 65.9 Å². The summed E-state index contributed by atoms with van der Waals surface area (Å²) in [6, 6.07) is 18.0. The molecule has 136 valence electrons. The first-order valence-corrected chi connectivity index (χ1v) is 9.05. The van der Waals surface area contributed by atoms with Crippen molar-refractivity contribution in [2.24, 2.45) is 0 Å². The van der Waals surface area contributed by atoms with Crippen LogP contribution >= 0.6 is 0 Å². The molecule has 4 heteroatoms. The molecule has 0 saturated carbocycles. The minimum Gasteiger partial charge on any atom is -0.491 e. The Bertz CT molecular complexity index is 911. The van der Waals surface area contributed by atoms with Crippen LogP contribution in [-0.2, 0) is 11.3 Å². The molecule has 26 heavy (non-hydrogen) atoms. The number of hydrogen-bond donors (Lipinski definition) is 1. The zero-order chi connectivity index (χ0) is 18.7. The zero-order valence-electron chi connectivity index (χ0n) is 15.8. The number of hydrogen-bond acceptors (Lipinski definition) is 2. The summed E-state index contributed by atoms with van der Waals surface area (Å²) in [7, 11) is 0. The lowest BCUT2D eigenvalue weighted by Gasteiger charge is -2.17. The Balaban J connectivity index is 1.70. The van der Waals surface area contributed by atoms with Gasteiger partial charge in [0.05, 0.1) is 12.1 Å². The molecule has 1 atom stereocenters. The summed E-state index contributed by atoms with van der Waals surface area (Å²) in [5, 5.41) is 4.25. The fourth-order valence-corrected chi connectivity index (χ4v) is 3.20. The van der Waals surface area contributed by atoms with Gasteiger partial charge in [-0.2, -0.15) is 0 Å². The number of para-hydroxylation sites is 1. The maximum Gasteiger partial charge on any atom is 0.240 e. The Morgan fingerprint density at radius 2 is 1.85 bits per heavy atom. The number of carbonyl (C=O) groups excluding carboxylic acids is 1. The molecule has 0 saturated heterocycles. The van der Waals surface area contributed by atoms with Crippen LogP contribution in [0.5, 0.6) is 5.75 Å². The molecule has 0 aliphatic heterocycles. The third-order valence-corrected chi connectivity index (χ3v) is 4.43. The highest BCUT2D eigenvalue weighted by Crippen LogP contribution is 2.21. The second kappa shape index (κ2) is 7.65. The monoisotopic (exact) mass is 350 g/mol. The lowest BCUT2D eigenvalue weighted by atomic mass is 10.1. The van der Waals surface area contributed by atoms with Crippen LogP contribution in [0.1, 0.15) is 38.1 Å². The highest BCUT2D eigenvalue weighted by atomic mass is 16.5. The van der Waals surface area contributed by atoms with Gasteiger partial charge in [0.15, 0.2) is 0 Å². The highest BCUT2D eigenvalue weighted by molar-refractivity contribution is 5.84. The number of amides is 1. The minimum absolute atomic E-state index is 0.00265. The number of aromatic nitrogens is 1. The van der Waals surface area contributed by atoms with E-state index in [0.29, 0.717) is 6.54 Å². The number of nitrogens with one attached hydrogen (secondary N) is 1. The van der Waals surface area contributed by atoms with Crippen molar-refractivity contribution in [1.82, 2.24) is 9.88 Å². The standard InChI is InChI=1S/C22H26N2O2/c1-15(2)26-20-10-7-9-18(13-20)17(4)23-22(25)14-24-16(3)12-19-8-5-6-11-21(19)24/h5-13,15,17H,14H2,1-4H3,(H,23,25). The highest BCUT2D eigenvalue weighted by Gasteiger charge is 2.13. The molecule has 1 unspecified atom stereocenters. The largest absolute Gasteiger partial charge is 0.491 e. The first kappa shape index (κ1) is 18.1. The summed E-state index contributed by atoms with van der Waals surface area (Å²) in [4.78, 5) is 12.6. The van der Waals surface area contributed by atoms with Crippen LogP contribution in [-0.4, -0.2) is 16.6 Å². The number of fused-ring (bicyclic) bond motifs is 1. The van der Waals surface area contributed by atoms with Gasteiger partial charge in [-0.25, -0.2) is 0 Å². The van der Waals surface area contributed by atoms with Crippen molar-refractivity contribution in [2.75, 3.05) is 0 Å². The minimum atomic E-state index is -0.0830. The second-order valence-electron chi connectivity index (χ2n) is 6.96. The maximum atomic E-state index is 12.6. The molecular weight excluding hydrogens is 324 g/mol. The van der Waals surface area contributed by atoms with Gasteiger partial charge in [0, 0.05) is 11.2 Å². The van der Waals surface area contributed by atoms with E-state index in [-0.39, 0.29) is 18.1 Å². The molecule has 0 radical (unpaired) electrons. The van der Waals surface area contributed by atoms with Crippen molar-refractivity contribution in [3.63, 3.8) is 0 Å². The van der Waals surface area contributed by atoms with Gasteiger partial charge >= 0.3 is 0 Å². The van der Waals surface area contributed by atoms with Gasteiger partial charge in [-0.3, -0.25) is 4.79 Å². The Hall–Kier alpha value is -2.75. The lowest BCUT2D eigenvalue weighted by molar-refractivity contribution is -0.122. The van der Waals surface area contributed by atoms with Crippen LogP contribution in [0.15, 0.2) is 54.6 Å². The number of nitrogens with zero attached hydrogens (tertiary/aromatic N) is 1. The molecule has 0 fully saturated rings. The summed E-state index contributed by atoms with van der Waals surface area (Å²) >= 11 is 0. The molecule has 1 amide bonds. The van der Waals surface area contributed by atoms with Crippen molar-refractivity contribution >= 4 is 16.8 Å². The quantitative estimate of drug-likeness (QED) is 0.705. The summed E-state index contributed by atoms with van der Waals surface area (Å²) in [5.41, 5.74) is 3.20. The van der Waals surface area contributed by atoms with Crippen LogP contribution < -0.4 is 10.1 Å². The fraction of sp³-hybridized carbons (Fsp3) is 0.318. The Morgan fingerprint density at radius 3 is 2.62 bits per heavy atom. The first-order chi connectivity index (χ1) is 12.4. The smallest absolute Gasteiger partial charge is 0.240 e. The van der Waals surface area contributed by atoms with Gasteiger partial charge in [-0.15, -0.1) is 0 Å². The van der Waals surface area contributed by atoms with Gasteiger partial charge < -0.3 is 14.6 Å². The van der Waals surface area contributed by atoms with E-state index >= 15 is 0 Å². The summed E-state index contributed by atoms with van der Waals surface area (Å²) in [5.74, 6) is 0.822. The number of aryl methyl sites for hydroxylation is 1. The van der Waals surface area contributed by atoms with Crippen LogP contribution in [0.3, 0.4) is 0 Å². The van der Waals surface area contributed by atoms with E-state index < -0.39 is 0 Å². The summed E-state index contributed by atoms with van der Waals surface area (Å²) < 4.78 is 7.79. The van der Waals surface area contributed by atoms with E-state index in [4.69, 9.17) is 4.74 Å². The predicted molar refractivity (Wildman–Crippen MR) is 105 cm³/mol. The average molecular weight is 350 g/mol. The first-order valence-electron chi connectivity index (χ1n) is 9.05. The Morgan fingerprint density at radius 1 is 1.08 bits per heavy atom. The van der Waals surface area contributed by atoms with Crippen molar-refractivity contribution < 1.29 is 9.53 Å². The van der Waals surface area contributed by atoms with E-state index in [9.17, 15) is 4.79 Å². The Labute approximate surface area is 154 Å². The van der Waals surface area contributed by atoms with E-state index in [1.54, 1.807) is 0 Å². The number of ether oxygens (including phenoxy) is 1. The third-order valence-electron chi connectivity index (χ3n) is 4.43. The normalized spacial score (nSPS) is 12.3. The number of benzene rings is 2. The van der Waals surface area contributed by atoms with Crippen LogP contribution in [0.25, 0.3) is 10.9 Å². The van der Waals surface area contributed by atoms with Crippen molar-refractivity contribution in [3.8, 4) is 5.75 Å². The lowest BCUT2D eigenvalue weighted by Crippen LogP contribution is -2.30. The van der Waals surface area contributed by atoms with E-state index in [2.05, 4.69) is 22.0 Å². The van der Waals surface area contributed by atoms with Gasteiger partial charge in [0.25, 0.3) is 0 Å². The SMILES string of the molecule is Cc1cc2ccccc2n1CC(=O)NC(C)c1cccc(OC(C)C)c1. The topological polar surface area (TPSA) is 43.3 Å². The molecular formula is C22H26N2O2. The van der Waals surface area contributed by atoms with Crippen molar-refractivity contribution in [1.29, 1.82) is 0 Å². The summed E-state index contributed by atoms with van der Waals surface area (Å²) in [6.45, 7) is 8.34. The number of carbonyl (C=O) groups is 1. The van der Waals surface area contributed by atoms with Crippen LogP contribution in [0.2, 0.25) is 0 Å². The second-order valence-corrected chi connectivity index (χ2v) is 6.96. The molecule has 0 spiro atoms. The fourth-order valence-electron chi connectivity index (χ4n) is 3.20. The van der Waals surface area contributed by atoms with E-state index in [1.165, 1.54) is 0 Å². The van der Waals surface area contributed by atoms with Gasteiger partial charge in [-0.1, -0.05) is 30.3 Å². The van der Waals surface area contributed by atoms with Crippen LogP contribution in [0.4, 0.5) is 0 Å². The molecule has 3 rings (SSSR count). The summed E-state index contributed by atoms with van der Waals surface area (Å²) in [6.07, 6.45) is 0.125. The molecule has 0 bridgehead atoms. The van der Waals surface area contributed by atoms with E-state index in [0.717, 1.165) is 27.9 Å². The average Bonchev–Trinajstić information content (AvgIpc) is 2.90.